The summed E-state index contributed by atoms with van der Waals surface area (Å²) >= 11 is 6.92. The molecule has 0 spiro atoms. The smallest absolute Gasteiger partial charge is 0.268 e. The van der Waals surface area contributed by atoms with Crippen molar-refractivity contribution in [3.05, 3.63) is 41.3 Å². The third kappa shape index (κ3) is 4.50. The molecule has 1 aromatic carbocycles. The zero-order valence-corrected chi connectivity index (χ0v) is 14.5. The molecule has 1 heterocycles. The van der Waals surface area contributed by atoms with Gasteiger partial charge in [0.15, 0.2) is 0 Å². The van der Waals surface area contributed by atoms with E-state index >= 15 is 0 Å². The Hall–Kier alpha value is -1.50. The highest BCUT2D eigenvalue weighted by Crippen LogP contribution is 2.29. The van der Waals surface area contributed by atoms with Gasteiger partial charge in [-0.1, -0.05) is 12.1 Å². The van der Waals surface area contributed by atoms with Crippen LogP contribution in [-0.2, 0) is 22.1 Å². The Kier molecular flexibility index (Phi) is 5.88. The van der Waals surface area contributed by atoms with Crippen molar-refractivity contribution < 1.29 is 9.00 Å². The number of halogens is 1. The van der Waals surface area contributed by atoms with Crippen LogP contribution in [0.1, 0.15) is 11.8 Å². The van der Waals surface area contributed by atoms with Gasteiger partial charge in [-0.2, -0.15) is 5.10 Å². The van der Waals surface area contributed by atoms with Crippen molar-refractivity contribution in [2.45, 2.75) is 18.4 Å². The number of hydrogen-bond donors (Lipinski definition) is 1. The van der Waals surface area contributed by atoms with E-state index in [1.807, 2.05) is 36.4 Å². The molecule has 2 rings (SSSR count). The fourth-order valence-electron chi connectivity index (χ4n) is 1.74. The SMILES string of the molecule is C/C(=N\NCc1ccc(-c2cccc(S(C)=O)c2)s1)C(=O)Cl. The van der Waals surface area contributed by atoms with E-state index in [1.54, 1.807) is 24.5 Å². The molecule has 1 N–H and O–H groups in total. The summed E-state index contributed by atoms with van der Waals surface area (Å²) in [5.41, 5.74) is 4.10. The molecule has 0 radical (unpaired) electrons. The van der Waals surface area contributed by atoms with E-state index in [9.17, 15) is 9.00 Å². The predicted molar refractivity (Wildman–Crippen MR) is 92.9 cm³/mol. The molecular weight excluding hydrogens is 340 g/mol. The summed E-state index contributed by atoms with van der Waals surface area (Å²) in [4.78, 5) is 13.8. The quantitative estimate of drug-likeness (QED) is 0.491. The summed E-state index contributed by atoms with van der Waals surface area (Å²) in [6, 6.07) is 11.7. The molecule has 4 nitrogen and oxygen atoms in total. The maximum absolute atomic E-state index is 11.5. The van der Waals surface area contributed by atoms with Crippen LogP contribution >= 0.6 is 22.9 Å². The Morgan fingerprint density at radius 1 is 1.36 bits per heavy atom. The average molecular weight is 355 g/mol. The molecule has 7 heteroatoms. The Bertz CT molecular complexity index is 741. The number of rotatable bonds is 6. The van der Waals surface area contributed by atoms with Gasteiger partial charge in [-0.05, 0) is 48.4 Å². The summed E-state index contributed by atoms with van der Waals surface area (Å²) in [6.45, 7) is 2.07. The van der Waals surface area contributed by atoms with E-state index in [4.69, 9.17) is 11.6 Å². The van der Waals surface area contributed by atoms with E-state index in [-0.39, 0.29) is 5.71 Å². The first-order valence-electron chi connectivity index (χ1n) is 6.47. The minimum Gasteiger partial charge on any atom is -0.304 e. The van der Waals surface area contributed by atoms with Crippen LogP contribution in [0.2, 0.25) is 0 Å². The van der Waals surface area contributed by atoms with Gasteiger partial charge in [-0.15, -0.1) is 11.3 Å². The number of carbonyl (C=O) groups is 1. The first-order valence-corrected chi connectivity index (χ1v) is 9.22. The first-order chi connectivity index (χ1) is 10.5. The lowest BCUT2D eigenvalue weighted by atomic mass is 10.2. The lowest BCUT2D eigenvalue weighted by molar-refractivity contribution is -0.106. The second-order valence-electron chi connectivity index (χ2n) is 4.55. The van der Waals surface area contributed by atoms with Crippen molar-refractivity contribution in [1.82, 2.24) is 5.43 Å². The summed E-state index contributed by atoms with van der Waals surface area (Å²) in [6.07, 6.45) is 1.67. The zero-order valence-electron chi connectivity index (χ0n) is 12.1. The van der Waals surface area contributed by atoms with Gasteiger partial charge in [-0.3, -0.25) is 9.00 Å². The van der Waals surface area contributed by atoms with Gasteiger partial charge in [0, 0.05) is 31.7 Å². The van der Waals surface area contributed by atoms with Crippen LogP contribution in [0.15, 0.2) is 46.4 Å². The van der Waals surface area contributed by atoms with Crippen LogP contribution in [0, 0.1) is 0 Å². The third-order valence-corrected chi connectivity index (χ3v) is 5.22. The number of hydrogen-bond acceptors (Lipinski definition) is 5. The highest BCUT2D eigenvalue weighted by molar-refractivity contribution is 7.84. The van der Waals surface area contributed by atoms with Crippen molar-refractivity contribution >= 4 is 44.7 Å². The molecule has 0 bridgehead atoms. The van der Waals surface area contributed by atoms with E-state index in [1.165, 1.54) is 0 Å². The molecule has 1 unspecified atom stereocenters. The molecule has 0 aliphatic heterocycles. The molecule has 116 valence electrons. The Morgan fingerprint density at radius 3 is 2.82 bits per heavy atom. The van der Waals surface area contributed by atoms with E-state index in [0.29, 0.717) is 6.54 Å². The predicted octanol–water partition coefficient (Wildman–Crippen LogP) is 3.38. The second-order valence-corrected chi connectivity index (χ2v) is 7.44. The van der Waals surface area contributed by atoms with Crippen molar-refractivity contribution in [3.63, 3.8) is 0 Å². The lowest BCUT2D eigenvalue weighted by Crippen LogP contribution is -2.11. The standard InChI is InChI=1S/C15H15ClN2O2S2/c1-10(15(16)19)18-17-9-12-6-7-14(21-12)11-4-3-5-13(8-11)22(2)20/h3-8,17H,9H2,1-2H3/b18-10+. The number of nitrogens with zero attached hydrogens (tertiary/aromatic N) is 1. The van der Waals surface area contributed by atoms with Crippen LogP contribution in [-0.4, -0.2) is 21.4 Å². The third-order valence-electron chi connectivity index (χ3n) is 2.90. The first kappa shape index (κ1) is 16.9. The summed E-state index contributed by atoms with van der Waals surface area (Å²) in [5, 5.41) is 3.32. The molecular formula is C15H15ClN2O2S2. The summed E-state index contributed by atoms with van der Waals surface area (Å²) < 4.78 is 11.5. The zero-order chi connectivity index (χ0) is 16.1. The Balaban J connectivity index is 2.08. The highest BCUT2D eigenvalue weighted by Gasteiger charge is 2.06. The highest BCUT2D eigenvalue weighted by atomic mass is 35.5. The van der Waals surface area contributed by atoms with Gasteiger partial charge in [0.1, 0.15) is 5.71 Å². The largest absolute Gasteiger partial charge is 0.304 e. The maximum Gasteiger partial charge on any atom is 0.268 e. The number of hydrazone groups is 1. The molecule has 0 amide bonds. The Morgan fingerprint density at radius 2 is 2.14 bits per heavy atom. The van der Waals surface area contributed by atoms with Gasteiger partial charge in [0.25, 0.3) is 5.24 Å². The van der Waals surface area contributed by atoms with Crippen molar-refractivity contribution in [3.8, 4) is 10.4 Å². The molecule has 0 aliphatic carbocycles. The van der Waals surface area contributed by atoms with Gasteiger partial charge in [0.2, 0.25) is 0 Å². The fourth-order valence-corrected chi connectivity index (χ4v) is 3.28. The number of nitrogens with one attached hydrogen (secondary N) is 1. The van der Waals surface area contributed by atoms with Crippen LogP contribution < -0.4 is 5.43 Å². The minimum atomic E-state index is -0.991. The minimum absolute atomic E-state index is 0.233. The van der Waals surface area contributed by atoms with E-state index in [2.05, 4.69) is 10.5 Å². The van der Waals surface area contributed by atoms with Gasteiger partial charge < -0.3 is 5.43 Å². The molecule has 0 saturated carbocycles. The molecule has 2 aromatic rings. The van der Waals surface area contributed by atoms with Crippen LogP contribution in [0.3, 0.4) is 0 Å². The van der Waals surface area contributed by atoms with Crippen LogP contribution in [0.4, 0.5) is 0 Å². The molecule has 0 fully saturated rings. The molecule has 22 heavy (non-hydrogen) atoms. The average Bonchev–Trinajstić information content (AvgIpc) is 2.96. The number of thiophene rings is 1. The van der Waals surface area contributed by atoms with E-state index in [0.717, 1.165) is 20.2 Å². The molecule has 0 aliphatic rings. The second kappa shape index (κ2) is 7.67. The Labute approximate surface area is 140 Å². The van der Waals surface area contributed by atoms with E-state index < -0.39 is 16.0 Å². The summed E-state index contributed by atoms with van der Waals surface area (Å²) in [7, 11) is -0.991. The summed E-state index contributed by atoms with van der Waals surface area (Å²) in [5.74, 6) is 0. The van der Waals surface area contributed by atoms with Crippen molar-refractivity contribution in [2.24, 2.45) is 5.10 Å². The van der Waals surface area contributed by atoms with Crippen molar-refractivity contribution in [2.75, 3.05) is 6.26 Å². The number of carbonyl (C=O) groups excluding carboxylic acids is 1. The topological polar surface area (TPSA) is 58.5 Å². The monoisotopic (exact) mass is 354 g/mol. The molecule has 0 saturated heterocycles. The van der Waals surface area contributed by atoms with Crippen molar-refractivity contribution in [1.29, 1.82) is 0 Å². The van der Waals surface area contributed by atoms with Crippen LogP contribution in [0.25, 0.3) is 10.4 Å². The van der Waals surface area contributed by atoms with Gasteiger partial charge in [-0.25, -0.2) is 0 Å². The normalized spacial score (nSPS) is 13.0. The van der Waals surface area contributed by atoms with Gasteiger partial charge in [0.05, 0.1) is 6.54 Å². The molecule has 1 atom stereocenters. The van der Waals surface area contributed by atoms with Crippen LogP contribution in [0.5, 0.6) is 0 Å². The lowest BCUT2D eigenvalue weighted by Gasteiger charge is -2.01. The molecule has 1 aromatic heterocycles. The fraction of sp³-hybridized carbons (Fsp3) is 0.200. The number of benzene rings is 1. The van der Waals surface area contributed by atoms with Gasteiger partial charge >= 0.3 is 0 Å². The maximum atomic E-state index is 11.5.